The molecule has 7 heteroatoms. The number of urea groups is 1. The van der Waals surface area contributed by atoms with E-state index in [2.05, 4.69) is 16.0 Å². The van der Waals surface area contributed by atoms with E-state index in [4.69, 9.17) is 5.11 Å². The van der Waals surface area contributed by atoms with Gasteiger partial charge >= 0.3 is 12.0 Å². The fraction of sp³-hybridized carbons (Fsp3) is 0.750. The predicted octanol–water partition coefficient (Wildman–Crippen LogP) is 0.311. The van der Waals surface area contributed by atoms with Crippen molar-refractivity contribution in [3.05, 3.63) is 0 Å². The first-order valence-corrected chi connectivity index (χ1v) is 6.10. The van der Waals surface area contributed by atoms with E-state index in [1.165, 1.54) is 0 Å². The molecule has 0 aliphatic heterocycles. The molecule has 19 heavy (non-hydrogen) atoms. The van der Waals surface area contributed by atoms with Gasteiger partial charge in [-0.05, 0) is 34.6 Å². The summed E-state index contributed by atoms with van der Waals surface area (Å²) < 4.78 is 0. The summed E-state index contributed by atoms with van der Waals surface area (Å²) >= 11 is 0. The minimum atomic E-state index is -1.06. The lowest BCUT2D eigenvalue weighted by Gasteiger charge is -2.38. The second-order valence-electron chi connectivity index (χ2n) is 5.32. The molecule has 0 unspecified atom stereocenters. The minimum absolute atomic E-state index is 0.138. The van der Waals surface area contributed by atoms with Crippen LogP contribution >= 0.6 is 0 Å². The Morgan fingerprint density at radius 3 is 2.05 bits per heavy atom. The molecular weight excluding hydrogens is 250 g/mol. The predicted molar refractivity (Wildman–Crippen MR) is 70.7 cm³/mol. The van der Waals surface area contributed by atoms with Crippen LogP contribution in [0.4, 0.5) is 4.79 Å². The number of hydrogen-bond donors (Lipinski definition) is 4. The number of hydrogen-bond acceptors (Lipinski definition) is 4. The molecule has 7 nitrogen and oxygen atoms in total. The Morgan fingerprint density at radius 2 is 1.63 bits per heavy atom. The molecule has 0 aliphatic rings. The Balaban J connectivity index is 4.43. The quantitative estimate of drug-likeness (QED) is 0.557. The third kappa shape index (κ3) is 4.86. The van der Waals surface area contributed by atoms with Gasteiger partial charge in [0.2, 0.25) is 5.91 Å². The lowest BCUT2D eigenvalue weighted by atomic mass is 9.74. The van der Waals surface area contributed by atoms with Crippen molar-refractivity contribution < 1.29 is 19.5 Å². The molecule has 0 radical (unpaired) electrons. The number of carbonyl (C=O) groups is 3. The SMILES string of the molecule is CCNC(=O)NC(=O)CNC(C)(C)C(C)(C)C(=O)O. The molecule has 0 rings (SSSR count). The molecule has 3 amide bonds. The fourth-order valence-electron chi connectivity index (χ4n) is 1.17. The zero-order valence-corrected chi connectivity index (χ0v) is 12.1. The van der Waals surface area contributed by atoms with Crippen LogP contribution in [0.25, 0.3) is 0 Å². The van der Waals surface area contributed by atoms with Crippen molar-refractivity contribution in [2.45, 2.75) is 40.2 Å². The maximum Gasteiger partial charge on any atom is 0.321 e. The van der Waals surface area contributed by atoms with Crippen molar-refractivity contribution >= 4 is 17.9 Å². The van der Waals surface area contributed by atoms with E-state index < -0.39 is 28.9 Å². The number of aliphatic carboxylic acids is 1. The third-order valence-corrected chi connectivity index (χ3v) is 3.38. The Labute approximate surface area is 113 Å². The zero-order chi connectivity index (χ0) is 15.3. The second-order valence-corrected chi connectivity index (χ2v) is 5.32. The third-order valence-electron chi connectivity index (χ3n) is 3.38. The van der Waals surface area contributed by atoms with E-state index in [0.717, 1.165) is 0 Å². The van der Waals surface area contributed by atoms with Crippen molar-refractivity contribution in [3.63, 3.8) is 0 Å². The van der Waals surface area contributed by atoms with E-state index in [1.807, 2.05) is 0 Å². The van der Waals surface area contributed by atoms with Gasteiger partial charge in [-0.3, -0.25) is 14.9 Å². The van der Waals surface area contributed by atoms with Crippen LogP contribution in [0.5, 0.6) is 0 Å². The molecular formula is C12H23N3O4. The van der Waals surface area contributed by atoms with Gasteiger partial charge in [0, 0.05) is 12.1 Å². The number of nitrogens with one attached hydrogen (secondary N) is 3. The summed E-state index contributed by atoms with van der Waals surface area (Å²) in [5, 5.41) is 16.6. The van der Waals surface area contributed by atoms with Crippen molar-refractivity contribution in [1.29, 1.82) is 0 Å². The maximum absolute atomic E-state index is 11.5. The molecule has 0 aliphatic carbocycles. The van der Waals surface area contributed by atoms with Gasteiger partial charge in [-0.2, -0.15) is 0 Å². The fourth-order valence-corrected chi connectivity index (χ4v) is 1.17. The summed E-state index contributed by atoms with van der Waals surface area (Å²) in [5.41, 5.74) is -1.86. The average Bonchev–Trinajstić information content (AvgIpc) is 2.26. The lowest BCUT2D eigenvalue weighted by molar-refractivity contribution is -0.151. The molecule has 0 aromatic carbocycles. The molecule has 0 saturated heterocycles. The monoisotopic (exact) mass is 273 g/mol. The highest BCUT2D eigenvalue weighted by atomic mass is 16.4. The Bertz CT molecular complexity index is 364. The lowest BCUT2D eigenvalue weighted by Crippen LogP contribution is -2.57. The first-order chi connectivity index (χ1) is 8.54. The molecule has 0 aromatic rings. The van der Waals surface area contributed by atoms with Crippen LogP contribution in [0.1, 0.15) is 34.6 Å². The average molecular weight is 273 g/mol. The van der Waals surface area contributed by atoms with Crippen LogP contribution in [-0.2, 0) is 9.59 Å². The van der Waals surface area contributed by atoms with Crippen LogP contribution < -0.4 is 16.0 Å². The summed E-state index contributed by atoms with van der Waals surface area (Å²) in [6, 6.07) is -0.565. The van der Waals surface area contributed by atoms with Crippen LogP contribution in [0.3, 0.4) is 0 Å². The van der Waals surface area contributed by atoms with Gasteiger partial charge in [-0.15, -0.1) is 0 Å². The number of carboxylic acid groups (broad SMARTS) is 1. The molecule has 110 valence electrons. The zero-order valence-electron chi connectivity index (χ0n) is 12.1. The summed E-state index contributed by atoms with van der Waals surface area (Å²) in [7, 11) is 0. The number of amides is 3. The van der Waals surface area contributed by atoms with Gasteiger partial charge in [-0.1, -0.05) is 0 Å². The largest absolute Gasteiger partial charge is 0.481 e. The molecule has 0 aromatic heterocycles. The number of imide groups is 1. The maximum atomic E-state index is 11.5. The molecule has 0 heterocycles. The van der Waals surface area contributed by atoms with E-state index in [0.29, 0.717) is 6.54 Å². The number of carbonyl (C=O) groups excluding carboxylic acids is 2. The highest BCUT2D eigenvalue weighted by molar-refractivity contribution is 5.95. The molecule has 0 saturated carbocycles. The van der Waals surface area contributed by atoms with Gasteiger partial charge in [0.25, 0.3) is 0 Å². The molecule has 0 fully saturated rings. The Kier molecular flexibility index (Phi) is 5.95. The topological polar surface area (TPSA) is 108 Å². The molecule has 4 N–H and O–H groups in total. The van der Waals surface area contributed by atoms with E-state index in [-0.39, 0.29) is 6.54 Å². The van der Waals surface area contributed by atoms with Gasteiger partial charge in [0.05, 0.1) is 12.0 Å². The highest BCUT2D eigenvalue weighted by Gasteiger charge is 2.43. The van der Waals surface area contributed by atoms with Crippen molar-refractivity contribution in [1.82, 2.24) is 16.0 Å². The normalized spacial score (nSPS) is 11.8. The van der Waals surface area contributed by atoms with E-state index in [9.17, 15) is 14.4 Å². The summed E-state index contributed by atoms with van der Waals surface area (Å²) in [4.78, 5) is 33.8. The molecule has 0 atom stereocenters. The van der Waals surface area contributed by atoms with Crippen LogP contribution in [0.2, 0.25) is 0 Å². The van der Waals surface area contributed by atoms with Crippen molar-refractivity contribution in [2.75, 3.05) is 13.1 Å². The standard InChI is InChI=1S/C12H23N3O4/c1-6-13-10(19)15-8(16)7-14-12(4,5)11(2,3)9(17)18/h14H,6-7H2,1-5H3,(H,17,18)(H2,13,15,16,19). The Morgan fingerprint density at radius 1 is 1.11 bits per heavy atom. The van der Waals surface area contributed by atoms with Gasteiger partial charge in [0.15, 0.2) is 0 Å². The first-order valence-electron chi connectivity index (χ1n) is 6.10. The van der Waals surface area contributed by atoms with Crippen LogP contribution in [0, 0.1) is 5.41 Å². The first kappa shape index (κ1) is 17.4. The van der Waals surface area contributed by atoms with Crippen LogP contribution in [0.15, 0.2) is 0 Å². The summed E-state index contributed by atoms with van der Waals surface area (Å²) in [5.74, 6) is -1.48. The molecule has 0 spiro atoms. The van der Waals surface area contributed by atoms with Gasteiger partial charge in [-0.25, -0.2) is 4.79 Å². The minimum Gasteiger partial charge on any atom is -0.481 e. The Hall–Kier alpha value is -1.63. The van der Waals surface area contributed by atoms with Crippen molar-refractivity contribution in [3.8, 4) is 0 Å². The van der Waals surface area contributed by atoms with E-state index >= 15 is 0 Å². The number of carboxylic acids is 1. The highest BCUT2D eigenvalue weighted by Crippen LogP contribution is 2.30. The smallest absolute Gasteiger partial charge is 0.321 e. The van der Waals surface area contributed by atoms with Crippen molar-refractivity contribution in [2.24, 2.45) is 5.41 Å². The van der Waals surface area contributed by atoms with Crippen LogP contribution in [-0.4, -0.2) is 41.6 Å². The molecule has 0 bridgehead atoms. The van der Waals surface area contributed by atoms with Gasteiger partial charge < -0.3 is 15.7 Å². The number of rotatable bonds is 6. The van der Waals surface area contributed by atoms with E-state index in [1.54, 1.807) is 34.6 Å². The summed E-state index contributed by atoms with van der Waals surface area (Å²) in [6.45, 7) is 8.56. The summed E-state index contributed by atoms with van der Waals surface area (Å²) in [6.07, 6.45) is 0. The van der Waals surface area contributed by atoms with Gasteiger partial charge in [0.1, 0.15) is 0 Å². The second kappa shape index (κ2) is 6.51.